The number of aromatic nitrogens is 1. The first kappa shape index (κ1) is 11.1. The third kappa shape index (κ3) is 2.26. The Morgan fingerprint density at radius 3 is 2.80 bits per heavy atom. The second-order valence-electron chi connectivity index (χ2n) is 3.10. The molecule has 0 saturated carbocycles. The van der Waals surface area contributed by atoms with E-state index in [1.165, 1.54) is 10.6 Å². The van der Waals surface area contributed by atoms with Crippen LogP contribution in [0, 0.1) is 19.3 Å². The van der Waals surface area contributed by atoms with Crippen LogP contribution >= 0.6 is 0 Å². The summed E-state index contributed by atoms with van der Waals surface area (Å²) in [5, 5.41) is 8.75. The molecule has 0 spiro atoms. The topological polar surface area (TPSA) is 59.3 Å². The van der Waals surface area contributed by atoms with Gasteiger partial charge >= 0.3 is 5.97 Å². The van der Waals surface area contributed by atoms with Crippen LogP contribution in [0.4, 0.5) is 0 Å². The van der Waals surface area contributed by atoms with Crippen molar-refractivity contribution in [3.05, 3.63) is 33.7 Å². The molecule has 0 fully saturated rings. The Labute approximate surface area is 87.2 Å². The molecule has 0 aliphatic carbocycles. The molecule has 1 aromatic heterocycles. The van der Waals surface area contributed by atoms with Crippen molar-refractivity contribution >= 4 is 5.97 Å². The molecular formula is C11H11NO3. The average Bonchev–Trinajstić information content (AvgIpc) is 2.17. The molecule has 0 radical (unpaired) electrons. The van der Waals surface area contributed by atoms with E-state index >= 15 is 0 Å². The second kappa shape index (κ2) is 4.47. The van der Waals surface area contributed by atoms with Crippen molar-refractivity contribution in [2.24, 2.45) is 0 Å². The van der Waals surface area contributed by atoms with Gasteiger partial charge in [0.1, 0.15) is 5.56 Å². The summed E-state index contributed by atoms with van der Waals surface area (Å²) in [6, 6.07) is 2.91. The molecule has 1 heterocycles. The van der Waals surface area contributed by atoms with Crippen LogP contribution in [-0.4, -0.2) is 15.6 Å². The number of rotatable bonds is 3. The van der Waals surface area contributed by atoms with Gasteiger partial charge in [-0.3, -0.25) is 4.79 Å². The van der Waals surface area contributed by atoms with Gasteiger partial charge in [-0.15, -0.1) is 12.3 Å². The van der Waals surface area contributed by atoms with E-state index < -0.39 is 11.5 Å². The summed E-state index contributed by atoms with van der Waals surface area (Å²) in [6.07, 6.45) is 5.50. The molecule has 0 atom stereocenters. The van der Waals surface area contributed by atoms with Gasteiger partial charge in [0.15, 0.2) is 0 Å². The van der Waals surface area contributed by atoms with Crippen LogP contribution in [-0.2, 0) is 6.54 Å². The van der Waals surface area contributed by atoms with Crippen molar-refractivity contribution in [3.63, 3.8) is 0 Å². The maximum Gasteiger partial charge on any atom is 0.341 e. The van der Waals surface area contributed by atoms with Gasteiger partial charge in [-0.1, -0.05) is 0 Å². The van der Waals surface area contributed by atoms with E-state index in [0.29, 0.717) is 18.7 Å². The molecule has 4 heteroatoms. The molecule has 0 aliphatic rings. The van der Waals surface area contributed by atoms with E-state index in [0.717, 1.165) is 0 Å². The molecule has 1 N–H and O–H groups in total. The monoisotopic (exact) mass is 205 g/mol. The number of aromatic carboxylic acids is 1. The molecule has 0 unspecified atom stereocenters. The second-order valence-corrected chi connectivity index (χ2v) is 3.10. The summed E-state index contributed by atoms with van der Waals surface area (Å²) in [4.78, 5) is 22.4. The lowest BCUT2D eigenvalue weighted by atomic mass is 10.2. The first-order chi connectivity index (χ1) is 7.07. The Morgan fingerprint density at radius 1 is 1.60 bits per heavy atom. The fourth-order valence-electron chi connectivity index (χ4n) is 1.29. The Balaban J connectivity index is 3.26. The van der Waals surface area contributed by atoms with Crippen molar-refractivity contribution < 1.29 is 9.90 Å². The van der Waals surface area contributed by atoms with E-state index in [1.807, 2.05) is 0 Å². The van der Waals surface area contributed by atoms with Crippen LogP contribution in [0.15, 0.2) is 16.9 Å². The van der Waals surface area contributed by atoms with E-state index in [1.54, 1.807) is 13.0 Å². The molecule has 0 amide bonds. The molecule has 0 saturated heterocycles. The molecule has 1 aromatic rings. The molecule has 4 nitrogen and oxygen atoms in total. The zero-order chi connectivity index (χ0) is 11.4. The fraction of sp³-hybridized carbons (Fsp3) is 0.273. The number of terminal acetylenes is 1. The maximum absolute atomic E-state index is 11.7. The lowest BCUT2D eigenvalue weighted by Crippen LogP contribution is -2.27. The van der Waals surface area contributed by atoms with Gasteiger partial charge in [-0.25, -0.2) is 4.79 Å². The van der Waals surface area contributed by atoms with Crippen LogP contribution in [0.3, 0.4) is 0 Å². The van der Waals surface area contributed by atoms with Crippen molar-refractivity contribution in [2.75, 3.05) is 0 Å². The van der Waals surface area contributed by atoms with Crippen molar-refractivity contribution in [1.29, 1.82) is 0 Å². The van der Waals surface area contributed by atoms with Crippen LogP contribution in [0.25, 0.3) is 0 Å². The van der Waals surface area contributed by atoms with Crippen LogP contribution < -0.4 is 5.56 Å². The first-order valence-corrected chi connectivity index (χ1v) is 4.45. The minimum Gasteiger partial charge on any atom is -0.477 e. The zero-order valence-corrected chi connectivity index (χ0v) is 8.36. The molecule has 15 heavy (non-hydrogen) atoms. The van der Waals surface area contributed by atoms with Gasteiger partial charge in [-0.05, 0) is 19.1 Å². The van der Waals surface area contributed by atoms with Crippen LogP contribution in [0.1, 0.15) is 22.5 Å². The molecule has 0 aliphatic heterocycles. The summed E-state index contributed by atoms with van der Waals surface area (Å²) in [6.45, 7) is 2.09. The van der Waals surface area contributed by atoms with Crippen molar-refractivity contribution in [1.82, 2.24) is 4.57 Å². The summed E-state index contributed by atoms with van der Waals surface area (Å²) < 4.78 is 1.38. The lowest BCUT2D eigenvalue weighted by molar-refractivity contribution is 0.0694. The fourth-order valence-corrected chi connectivity index (χ4v) is 1.29. The minimum atomic E-state index is -1.21. The normalized spacial score (nSPS) is 9.60. The highest BCUT2D eigenvalue weighted by Crippen LogP contribution is 1.99. The third-order valence-electron chi connectivity index (χ3n) is 2.10. The van der Waals surface area contributed by atoms with Gasteiger partial charge in [0.2, 0.25) is 0 Å². The summed E-state index contributed by atoms with van der Waals surface area (Å²) in [7, 11) is 0. The summed E-state index contributed by atoms with van der Waals surface area (Å²) in [5.41, 5.74) is -0.0179. The predicted octanol–water partition coefficient (Wildman–Crippen LogP) is 0.878. The Kier molecular flexibility index (Phi) is 3.29. The molecule has 1 rings (SSSR count). The van der Waals surface area contributed by atoms with E-state index in [4.69, 9.17) is 11.5 Å². The number of nitrogens with zero attached hydrogens (tertiary/aromatic N) is 1. The van der Waals surface area contributed by atoms with E-state index in [2.05, 4.69) is 5.92 Å². The van der Waals surface area contributed by atoms with Crippen LogP contribution in [0.5, 0.6) is 0 Å². The molecular weight excluding hydrogens is 194 g/mol. The highest BCUT2D eigenvalue weighted by Gasteiger charge is 2.11. The number of pyridine rings is 1. The third-order valence-corrected chi connectivity index (χ3v) is 2.10. The largest absolute Gasteiger partial charge is 0.477 e. The predicted molar refractivity (Wildman–Crippen MR) is 55.8 cm³/mol. The summed E-state index contributed by atoms with van der Waals surface area (Å²) in [5.74, 6) is 1.20. The highest BCUT2D eigenvalue weighted by atomic mass is 16.4. The SMILES string of the molecule is C#CCCn1c(C)ccc(C(=O)O)c1=O. The zero-order valence-electron chi connectivity index (χ0n) is 8.36. The van der Waals surface area contributed by atoms with Gasteiger partial charge < -0.3 is 9.67 Å². The van der Waals surface area contributed by atoms with Gasteiger partial charge in [0.25, 0.3) is 5.56 Å². The lowest BCUT2D eigenvalue weighted by Gasteiger charge is -2.08. The maximum atomic E-state index is 11.7. The standard InChI is InChI=1S/C11H11NO3/c1-3-4-7-12-8(2)5-6-9(10(12)13)11(14)15/h1,5-6H,4,7H2,2H3,(H,14,15). The quantitative estimate of drug-likeness (QED) is 0.745. The number of carboxylic acid groups (broad SMARTS) is 1. The Bertz CT molecular complexity index is 480. The number of carboxylic acids is 1. The number of carbonyl (C=O) groups is 1. The number of hydrogen-bond acceptors (Lipinski definition) is 2. The van der Waals surface area contributed by atoms with Crippen molar-refractivity contribution in [3.8, 4) is 12.3 Å². The first-order valence-electron chi connectivity index (χ1n) is 4.45. The van der Waals surface area contributed by atoms with Gasteiger partial charge in [0, 0.05) is 18.7 Å². The Hall–Kier alpha value is -2.02. The summed E-state index contributed by atoms with van der Waals surface area (Å²) >= 11 is 0. The molecule has 78 valence electrons. The number of aryl methyl sites for hydroxylation is 1. The Morgan fingerprint density at radius 2 is 2.27 bits per heavy atom. The smallest absolute Gasteiger partial charge is 0.341 e. The minimum absolute atomic E-state index is 0.224. The average molecular weight is 205 g/mol. The molecule has 0 aromatic carbocycles. The van der Waals surface area contributed by atoms with Crippen LogP contribution in [0.2, 0.25) is 0 Å². The van der Waals surface area contributed by atoms with E-state index in [9.17, 15) is 9.59 Å². The molecule has 0 bridgehead atoms. The van der Waals surface area contributed by atoms with Crippen molar-refractivity contribution in [2.45, 2.75) is 19.9 Å². The van der Waals surface area contributed by atoms with Gasteiger partial charge in [-0.2, -0.15) is 0 Å². The number of hydrogen-bond donors (Lipinski definition) is 1. The highest BCUT2D eigenvalue weighted by molar-refractivity contribution is 5.87. The van der Waals surface area contributed by atoms with E-state index in [-0.39, 0.29) is 5.56 Å². The van der Waals surface area contributed by atoms with Gasteiger partial charge in [0.05, 0.1) is 0 Å².